The molecule has 1 aliphatic rings. The summed E-state index contributed by atoms with van der Waals surface area (Å²) < 4.78 is 52.3. The molecule has 194 valence electrons. The van der Waals surface area contributed by atoms with Gasteiger partial charge in [-0.15, -0.1) is 0 Å². The lowest BCUT2D eigenvalue weighted by Crippen LogP contribution is -2.48. The molecule has 8 nitrogen and oxygen atoms in total. The van der Waals surface area contributed by atoms with Crippen LogP contribution >= 0.6 is 0 Å². The molecule has 37 heavy (non-hydrogen) atoms. The number of aliphatic carboxylic acids is 1. The molecule has 0 bridgehead atoms. The fraction of sp³-hybridized carbons (Fsp3) is 0.240. The van der Waals surface area contributed by atoms with Crippen molar-refractivity contribution >= 4 is 23.1 Å². The van der Waals surface area contributed by atoms with Gasteiger partial charge in [-0.3, -0.25) is 4.79 Å². The molecule has 1 aromatic carbocycles. The molecule has 3 aromatic heterocycles. The molecule has 0 saturated carbocycles. The molecule has 1 amide bonds. The highest BCUT2D eigenvalue weighted by atomic mass is 19.4. The standard InChI is InChI=1S/C23H21FN4O2.C2HF3O2/c1-16-2-7-22(30-16)23(29)27-12-10-26(11-13-27)21-15-25-28-9-8-18(14-20(21)28)17-3-5-19(24)6-4-17;3-2(4,5)1(6)7/h2-9,14-15H,10-13H2,1H3;(H,6,7). The number of fused-ring (bicyclic) bond motifs is 1. The van der Waals surface area contributed by atoms with Crippen LogP contribution in [0.5, 0.6) is 0 Å². The number of amides is 1. The SMILES string of the molecule is Cc1ccc(C(=O)N2CCN(c3cnn4ccc(-c5ccc(F)cc5)cc34)CC2)o1.O=C(O)C(F)(F)F. The molecular formula is C25H22F4N4O4. The van der Waals surface area contributed by atoms with E-state index in [1.807, 2.05) is 34.8 Å². The summed E-state index contributed by atoms with van der Waals surface area (Å²) in [7, 11) is 0. The molecule has 0 radical (unpaired) electrons. The third-order valence-electron chi connectivity index (χ3n) is 5.78. The van der Waals surface area contributed by atoms with Crippen LogP contribution in [0.2, 0.25) is 0 Å². The molecule has 1 aliphatic heterocycles. The number of rotatable bonds is 3. The first-order valence-corrected chi connectivity index (χ1v) is 11.2. The maximum Gasteiger partial charge on any atom is 0.490 e. The number of hydrogen-bond acceptors (Lipinski definition) is 5. The summed E-state index contributed by atoms with van der Waals surface area (Å²) in [5, 5.41) is 11.6. The quantitative estimate of drug-likeness (QED) is 0.398. The maximum absolute atomic E-state index is 13.3. The van der Waals surface area contributed by atoms with Gasteiger partial charge in [0.05, 0.1) is 17.4 Å². The van der Waals surface area contributed by atoms with Crippen LogP contribution in [0.1, 0.15) is 16.3 Å². The van der Waals surface area contributed by atoms with E-state index in [9.17, 15) is 22.4 Å². The molecule has 4 aromatic rings. The van der Waals surface area contributed by atoms with E-state index in [2.05, 4.69) is 16.1 Å². The average Bonchev–Trinajstić information content (AvgIpc) is 3.50. The zero-order valence-electron chi connectivity index (χ0n) is 19.6. The van der Waals surface area contributed by atoms with E-state index in [4.69, 9.17) is 14.3 Å². The summed E-state index contributed by atoms with van der Waals surface area (Å²) in [6.07, 6.45) is -1.31. The summed E-state index contributed by atoms with van der Waals surface area (Å²) in [6, 6.07) is 14.1. The minimum Gasteiger partial charge on any atom is -0.475 e. The van der Waals surface area contributed by atoms with Gasteiger partial charge in [0.1, 0.15) is 11.6 Å². The lowest BCUT2D eigenvalue weighted by molar-refractivity contribution is -0.192. The number of aryl methyl sites for hydroxylation is 1. The van der Waals surface area contributed by atoms with Crippen molar-refractivity contribution in [2.45, 2.75) is 13.1 Å². The van der Waals surface area contributed by atoms with Crippen LogP contribution in [-0.4, -0.2) is 63.9 Å². The largest absolute Gasteiger partial charge is 0.490 e. The van der Waals surface area contributed by atoms with Gasteiger partial charge in [0, 0.05) is 32.4 Å². The molecule has 1 fully saturated rings. The highest BCUT2D eigenvalue weighted by Gasteiger charge is 2.38. The van der Waals surface area contributed by atoms with Gasteiger partial charge in [-0.25, -0.2) is 13.7 Å². The van der Waals surface area contributed by atoms with Crippen LogP contribution in [0.25, 0.3) is 16.6 Å². The van der Waals surface area contributed by atoms with Gasteiger partial charge in [-0.1, -0.05) is 12.1 Å². The van der Waals surface area contributed by atoms with E-state index in [1.54, 1.807) is 24.3 Å². The van der Waals surface area contributed by atoms with Crippen molar-refractivity contribution in [3.63, 3.8) is 0 Å². The number of furan rings is 1. The number of hydrogen-bond donors (Lipinski definition) is 1. The Kier molecular flexibility index (Phi) is 7.18. The Labute approximate surface area is 208 Å². The summed E-state index contributed by atoms with van der Waals surface area (Å²) in [5.41, 5.74) is 3.97. The molecule has 0 aliphatic carbocycles. The van der Waals surface area contributed by atoms with Crippen molar-refractivity contribution in [3.8, 4) is 11.1 Å². The summed E-state index contributed by atoms with van der Waals surface area (Å²) >= 11 is 0. The van der Waals surface area contributed by atoms with Gasteiger partial charge in [-0.2, -0.15) is 18.3 Å². The first-order valence-electron chi connectivity index (χ1n) is 11.2. The van der Waals surface area contributed by atoms with Crippen LogP contribution in [0.15, 0.2) is 65.3 Å². The number of piperazine rings is 1. The first-order chi connectivity index (χ1) is 17.5. The van der Waals surface area contributed by atoms with Crippen molar-refractivity contribution in [2.75, 3.05) is 31.1 Å². The molecule has 0 spiro atoms. The van der Waals surface area contributed by atoms with Crippen LogP contribution in [0.4, 0.5) is 23.2 Å². The lowest BCUT2D eigenvalue weighted by atomic mass is 10.1. The lowest BCUT2D eigenvalue weighted by Gasteiger charge is -2.35. The number of carbonyl (C=O) groups excluding carboxylic acids is 1. The highest BCUT2D eigenvalue weighted by molar-refractivity contribution is 5.91. The van der Waals surface area contributed by atoms with Gasteiger partial charge in [0.25, 0.3) is 5.91 Å². The zero-order chi connectivity index (χ0) is 26.7. The Hall–Kier alpha value is -4.35. The van der Waals surface area contributed by atoms with Gasteiger partial charge in [0.15, 0.2) is 5.76 Å². The number of anilines is 1. The Morgan fingerprint density at radius 3 is 2.19 bits per heavy atom. The molecular weight excluding hydrogens is 496 g/mol. The van der Waals surface area contributed by atoms with Crippen molar-refractivity contribution in [2.24, 2.45) is 0 Å². The number of aromatic nitrogens is 2. The second kappa shape index (κ2) is 10.3. The molecule has 1 N–H and O–H groups in total. The van der Waals surface area contributed by atoms with Gasteiger partial charge in [-0.05, 0) is 54.4 Å². The zero-order valence-corrected chi connectivity index (χ0v) is 19.6. The van der Waals surface area contributed by atoms with Crippen LogP contribution < -0.4 is 4.90 Å². The van der Waals surface area contributed by atoms with Gasteiger partial charge >= 0.3 is 12.1 Å². The molecule has 1 saturated heterocycles. The second-order valence-corrected chi connectivity index (χ2v) is 8.27. The average molecular weight is 518 g/mol. The van der Waals surface area contributed by atoms with Crippen molar-refractivity contribution in [1.29, 1.82) is 0 Å². The number of nitrogens with zero attached hydrogens (tertiary/aromatic N) is 4. The fourth-order valence-electron chi connectivity index (χ4n) is 3.89. The van der Waals surface area contributed by atoms with Gasteiger partial charge in [0.2, 0.25) is 0 Å². The number of carbonyl (C=O) groups is 2. The van der Waals surface area contributed by atoms with E-state index in [1.165, 1.54) is 12.1 Å². The number of carboxylic acids is 1. The third kappa shape index (κ3) is 5.90. The minimum absolute atomic E-state index is 0.0683. The first kappa shape index (κ1) is 25.7. The smallest absolute Gasteiger partial charge is 0.475 e. The van der Waals surface area contributed by atoms with Crippen molar-refractivity contribution in [3.05, 3.63) is 78.3 Å². The Bertz CT molecular complexity index is 1400. The topological polar surface area (TPSA) is 91.3 Å². The minimum atomic E-state index is -5.08. The number of carboxylic acid groups (broad SMARTS) is 1. The second-order valence-electron chi connectivity index (χ2n) is 8.27. The fourth-order valence-corrected chi connectivity index (χ4v) is 3.89. The molecule has 0 unspecified atom stereocenters. The Balaban J connectivity index is 0.000000405. The molecule has 12 heteroatoms. The van der Waals surface area contributed by atoms with E-state index in [0.717, 1.165) is 28.1 Å². The molecule has 4 heterocycles. The van der Waals surface area contributed by atoms with Crippen LogP contribution in [-0.2, 0) is 4.79 Å². The number of benzene rings is 1. The molecule has 5 rings (SSSR count). The van der Waals surface area contributed by atoms with E-state index >= 15 is 0 Å². The predicted octanol–water partition coefficient (Wildman–Crippen LogP) is 4.64. The Morgan fingerprint density at radius 1 is 0.973 bits per heavy atom. The Morgan fingerprint density at radius 2 is 1.62 bits per heavy atom. The highest BCUT2D eigenvalue weighted by Crippen LogP contribution is 2.28. The summed E-state index contributed by atoms with van der Waals surface area (Å²) in [4.78, 5) is 25.6. The van der Waals surface area contributed by atoms with Crippen molar-refractivity contribution in [1.82, 2.24) is 14.5 Å². The van der Waals surface area contributed by atoms with E-state index < -0.39 is 12.1 Å². The summed E-state index contributed by atoms with van der Waals surface area (Å²) in [6.45, 7) is 4.50. The van der Waals surface area contributed by atoms with E-state index in [-0.39, 0.29) is 11.7 Å². The number of pyridine rings is 1. The van der Waals surface area contributed by atoms with Crippen molar-refractivity contribution < 1.29 is 36.7 Å². The third-order valence-corrected chi connectivity index (χ3v) is 5.78. The number of halogens is 4. The van der Waals surface area contributed by atoms with Crippen LogP contribution in [0.3, 0.4) is 0 Å². The predicted molar refractivity (Wildman–Crippen MR) is 126 cm³/mol. The number of alkyl halides is 3. The summed E-state index contributed by atoms with van der Waals surface area (Å²) in [5.74, 6) is -1.95. The maximum atomic E-state index is 13.3. The normalized spacial score (nSPS) is 13.9. The van der Waals surface area contributed by atoms with E-state index in [0.29, 0.717) is 31.9 Å². The van der Waals surface area contributed by atoms with Crippen LogP contribution in [0, 0.1) is 12.7 Å². The molecule has 0 atom stereocenters. The monoisotopic (exact) mass is 518 g/mol. The van der Waals surface area contributed by atoms with Gasteiger partial charge < -0.3 is 19.3 Å².